The molecule has 0 aliphatic carbocycles. The molecule has 17 heavy (non-hydrogen) atoms. The van der Waals surface area contributed by atoms with Gasteiger partial charge in [-0.2, -0.15) is 21.7 Å². The first kappa shape index (κ1) is 11.4. The van der Waals surface area contributed by atoms with Crippen molar-refractivity contribution in [3.8, 4) is 17.3 Å². The van der Waals surface area contributed by atoms with Crippen LogP contribution in [0.4, 0.5) is 0 Å². The summed E-state index contributed by atoms with van der Waals surface area (Å²) in [4.78, 5) is 11.6. The largest absolute Gasteiger partial charge is 0.465 e. The molecule has 0 fully saturated rings. The van der Waals surface area contributed by atoms with Crippen molar-refractivity contribution < 1.29 is 9.53 Å². The van der Waals surface area contributed by atoms with E-state index >= 15 is 0 Å². The molecule has 0 atom stereocenters. The zero-order chi connectivity index (χ0) is 12.3. The van der Waals surface area contributed by atoms with Gasteiger partial charge in [-0.3, -0.25) is 4.68 Å². The Labute approximate surface area is 102 Å². The Morgan fingerprint density at radius 2 is 2.53 bits per heavy atom. The summed E-state index contributed by atoms with van der Waals surface area (Å²) in [5.74, 6) is -0.449. The van der Waals surface area contributed by atoms with Crippen LogP contribution in [0.1, 0.15) is 10.4 Å². The smallest absolute Gasteiger partial charge is 0.341 e. The van der Waals surface area contributed by atoms with E-state index in [0.717, 1.165) is 5.56 Å². The molecule has 0 unspecified atom stereocenters. The number of methoxy groups -OCH3 is 1. The first-order valence-electron chi connectivity index (χ1n) is 4.81. The van der Waals surface area contributed by atoms with E-state index in [-0.39, 0.29) is 6.54 Å². The summed E-state index contributed by atoms with van der Waals surface area (Å²) < 4.78 is 6.12. The molecule has 0 aliphatic heterocycles. The lowest BCUT2D eigenvalue weighted by atomic mass is 10.1. The van der Waals surface area contributed by atoms with Crippen molar-refractivity contribution in [1.29, 1.82) is 5.26 Å². The average Bonchev–Trinajstić information content (AvgIpc) is 2.96. The van der Waals surface area contributed by atoms with Gasteiger partial charge < -0.3 is 4.74 Å². The average molecular weight is 247 g/mol. The number of aromatic nitrogens is 2. The van der Waals surface area contributed by atoms with Crippen LogP contribution in [0.2, 0.25) is 0 Å². The van der Waals surface area contributed by atoms with E-state index in [4.69, 9.17) is 10.00 Å². The molecule has 0 spiro atoms. The highest BCUT2D eigenvalue weighted by molar-refractivity contribution is 7.08. The standard InChI is InChI=1S/C11H9N3O2S/c1-16-11(15)9-6-14(4-3-12)13-10(9)8-2-5-17-7-8/h2,5-7H,4H2,1H3. The predicted molar refractivity (Wildman–Crippen MR) is 62.5 cm³/mol. The maximum atomic E-state index is 11.6. The van der Waals surface area contributed by atoms with Gasteiger partial charge in [-0.25, -0.2) is 4.79 Å². The Kier molecular flexibility index (Phi) is 3.21. The number of hydrogen-bond acceptors (Lipinski definition) is 5. The van der Waals surface area contributed by atoms with Crippen molar-refractivity contribution in [2.24, 2.45) is 0 Å². The number of nitrogens with zero attached hydrogens (tertiary/aromatic N) is 3. The number of carbonyl (C=O) groups is 1. The third-order valence-corrected chi connectivity index (χ3v) is 2.88. The normalized spacial score (nSPS) is 9.88. The molecule has 2 aromatic heterocycles. The van der Waals surface area contributed by atoms with Crippen molar-refractivity contribution in [3.63, 3.8) is 0 Å². The molecule has 2 heterocycles. The SMILES string of the molecule is COC(=O)c1cn(CC#N)nc1-c1ccsc1. The van der Waals surface area contributed by atoms with Crippen molar-refractivity contribution in [1.82, 2.24) is 9.78 Å². The zero-order valence-electron chi connectivity index (χ0n) is 9.08. The molecular weight excluding hydrogens is 238 g/mol. The van der Waals surface area contributed by atoms with Gasteiger partial charge in [0, 0.05) is 17.1 Å². The fraction of sp³-hybridized carbons (Fsp3) is 0.182. The van der Waals surface area contributed by atoms with Crippen LogP contribution in [-0.2, 0) is 11.3 Å². The Morgan fingerprint density at radius 1 is 1.71 bits per heavy atom. The van der Waals surface area contributed by atoms with Crippen LogP contribution in [-0.4, -0.2) is 22.9 Å². The maximum absolute atomic E-state index is 11.6. The summed E-state index contributed by atoms with van der Waals surface area (Å²) in [6.07, 6.45) is 1.53. The van der Waals surface area contributed by atoms with E-state index in [1.165, 1.54) is 29.3 Å². The Balaban J connectivity index is 2.49. The summed E-state index contributed by atoms with van der Waals surface area (Å²) in [5, 5.41) is 16.6. The summed E-state index contributed by atoms with van der Waals surface area (Å²) in [6, 6.07) is 3.85. The quantitative estimate of drug-likeness (QED) is 0.777. The van der Waals surface area contributed by atoms with Crippen LogP contribution in [0.25, 0.3) is 11.3 Å². The van der Waals surface area contributed by atoms with E-state index in [9.17, 15) is 4.79 Å². The highest BCUT2D eigenvalue weighted by atomic mass is 32.1. The number of rotatable bonds is 3. The minimum atomic E-state index is -0.449. The van der Waals surface area contributed by atoms with Crippen LogP contribution >= 0.6 is 11.3 Å². The van der Waals surface area contributed by atoms with Gasteiger partial charge in [0.15, 0.2) is 0 Å². The molecule has 5 nitrogen and oxygen atoms in total. The third-order valence-electron chi connectivity index (χ3n) is 2.19. The fourth-order valence-electron chi connectivity index (χ4n) is 1.45. The van der Waals surface area contributed by atoms with Gasteiger partial charge in [0.2, 0.25) is 0 Å². The van der Waals surface area contributed by atoms with Gasteiger partial charge in [-0.1, -0.05) is 0 Å². The van der Waals surface area contributed by atoms with Crippen LogP contribution in [0.3, 0.4) is 0 Å². The van der Waals surface area contributed by atoms with Gasteiger partial charge in [0.05, 0.1) is 13.2 Å². The lowest BCUT2D eigenvalue weighted by Gasteiger charge is -1.97. The molecule has 0 saturated heterocycles. The molecular formula is C11H9N3O2S. The minimum Gasteiger partial charge on any atom is -0.465 e. The van der Waals surface area contributed by atoms with Crippen LogP contribution < -0.4 is 0 Å². The summed E-state index contributed by atoms with van der Waals surface area (Å²) in [7, 11) is 1.32. The molecule has 0 N–H and O–H groups in total. The van der Waals surface area contributed by atoms with Gasteiger partial charge >= 0.3 is 5.97 Å². The summed E-state index contributed by atoms with van der Waals surface area (Å²) >= 11 is 1.52. The number of esters is 1. The zero-order valence-corrected chi connectivity index (χ0v) is 9.90. The predicted octanol–water partition coefficient (Wildman–Crippen LogP) is 1.92. The molecule has 2 aromatic rings. The first-order chi connectivity index (χ1) is 8.26. The number of carbonyl (C=O) groups excluding carboxylic acids is 1. The molecule has 0 bridgehead atoms. The molecule has 0 amide bonds. The van der Waals surface area contributed by atoms with Crippen molar-refractivity contribution in [2.45, 2.75) is 6.54 Å². The third kappa shape index (κ3) is 2.19. The Hall–Kier alpha value is -2.13. The van der Waals surface area contributed by atoms with E-state index in [0.29, 0.717) is 11.3 Å². The second kappa shape index (κ2) is 4.80. The monoisotopic (exact) mass is 247 g/mol. The van der Waals surface area contributed by atoms with Gasteiger partial charge in [0.1, 0.15) is 17.8 Å². The lowest BCUT2D eigenvalue weighted by molar-refractivity contribution is 0.0601. The van der Waals surface area contributed by atoms with Crippen molar-refractivity contribution >= 4 is 17.3 Å². The molecule has 0 saturated carbocycles. The Bertz CT molecular complexity index is 566. The fourth-order valence-corrected chi connectivity index (χ4v) is 2.09. The van der Waals surface area contributed by atoms with Crippen molar-refractivity contribution in [3.05, 3.63) is 28.6 Å². The summed E-state index contributed by atoms with van der Waals surface area (Å²) in [6.45, 7) is 0.105. The number of nitriles is 1. The van der Waals surface area contributed by atoms with Gasteiger partial charge in [-0.15, -0.1) is 0 Å². The van der Waals surface area contributed by atoms with E-state index in [2.05, 4.69) is 5.10 Å². The number of thiophene rings is 1. The number of hydrogen-bond donors (Lipinski definition) is 0. The Morgan fingerprint density at radius 3 is 3.12 bits per heavy atom. The molecule has 86 valence electrons. The van der Waals surface area contributed by atoms with Crippen LogP contribution in [0.5, 0.6) is 0 Å². The van der Waals surface area contributed by atoms with E-state index in [1.807, 2.05) is 22.9 Å². The molecule has 0 radical (unpaired) electrons. The summed E-state index contributed by atoms with van der Waals surface area (Å²) in [5.41, 5.74) is 1.78. The van der Waals surface area contributed by atoms with Gasteiger partial charge in [0.25, 0.3) is 0 Å². The number of ether oxygens (including phenoxy) is 1. The second-order valence-corrected chi connectivity index (χ2v) is 4.03. The minimum absolute atomic E-state index is 0.105. The molecule has 6 heteroatoms. The molecule has 2 rings (SSSR count). The van der Waals surface area contributed by atoms with Crippen LogP contribution in [0.15, 0.2) is 23.0 Å². The maximum Gasteiger partial charge on any atom is 0.341 e. The van der Waals surface area contributed by atoms with Gasteiger partial charge in [-0.05, 0) is 11.4 Å². The van der Waals surface area contributed by atoms with Crippen molar-refractivity contribution in [2.75, 3.05) is 7.11 Å². The topological polar surface area (TPSA) is 67.9 Å². The van der Waals surface area contributed by atoms with Crippen LogP contribution in [0, 0.1) is 11.3 Å². The molecule has 0 aromatic carbocycles. The second-order valence-electron chi connectivity index (χ2n) is 3.25. The first-order valence-corrected chi connectivity index (χ1v) is 5.76. The highest BCUT2D eigenvalue weighted by Crippen LogP contribution is 2.24. The lowest BCUT2D eigenvalue weighted by Crippen LogP contribution is -2.01. The highest BCUT2D eigenvalue weighted by Gasteiger charge is 2.18. The molecule has 0 aliphatic rings. The van der Waals surface area contributed by atoms with E-state index < -0.39 is 5.97 Å². The van der Waals surface area contributed by atoms with E-state index in [1.54, 1.807) is 0 Å².